The minimum Gasteiger partial charge on any atom is -0.280 e. The van der Waals surface area contributed by atoms with Crippen LogP contribution in [0.1, 0.15) is 11.1 Å². The third-order valence-corrected chi connectivity index (χ3v) is 6.88. The van der Waals surface area contributed by atoms with E-state index in [1.165, 1.54) is 30.3 Å². The second kappa shape index (κ2) is 7.84. The van der Waals surface area contributed by atoms with Crippen LogP contribution in [-0.2, 0) is 20.0 Å². The largest absolute Gasteiger partial charge is 0.280 e. The van der Waals surface area contributed by atoms with Crippen molar-refractivity contribution in [2.24, 2.45) is 0 Å². The molecule has 29 heavy (non-hydrogen) atoms. The van der Waals surface area contributed by atoms with E-state index in [2.05, 4.69) is 9.44 Å². The van der Waals surface area contributed by atoms with Crippen LogP contribution in [0.5, 0.6) is 0 Å². The molecule has 0 unspecified atom stereocenters. The number of hydrogen-bond acceptors (Lipinski definition) is 4. The topological polar surface area (TPSA) is 92.3 Å². The smallest absolute Gasteiger partial charge is 0.262 e. The Labute approximate surface area is 169 Å². The van der Waals surface area contributed by atoms with Gasteiger partial charge in [-0.3, -0.25) is 9.44 Å². The molecule has 2 N–H and O–H groups in total. The predicted octanol–water partition coefficient (Wildman–Crippen LogP) is 4.04. The Hall–Kier alpha value is -2.91. The van der Waals surface area contributed by atoms with E-state index in [9.17, 15) is 21.2 Å². The highest BCUT2D eigenvalue weighted by molar-refractivity contribution is 7.93. The third-order valence-electron chi connectivity index (χ3n) is 4.14. The summed E-state index contributed by atoms with van der Waals surface area (Å²) in [6, 6.07) is 15.5. The highest BCUT2D eigenvalue weighted by Crippen LogP contribution is 2.25. The van der Waals surface area contributed by atoms with Gasteiger partial charge in [-0.15, -0.1) is 0 Å². The summed E-state index contributed by atoms with van der Waals surface area (Å²) in [6.07, 6.45) is 0. The Morgan fingerprint density at radius 1 is 0.724 bits per heavy atom. The summed E-state index contributed by atoms with van der Waals surface area (Å²) in [7, 11) is -8.03. The van der Waals surface area contributed by atoms with Gasteiger partial charge in [0.05, 0.1) is 15.5 Å². The molecule has 0 heterocycles. The summed E-state index contributed by atoms with van der Waals surface area (Å²) < 4.78 is 68.7. The third kappa shape index (κ3) is 4.93. The molecular formula is C20H19FN2O4S2. The van der Waals surface area contributed by atoms with Crippen molar-refractivity contribution >= 4 is 31.4 Å². The molecule has 0 atom stereocenters. The van der Waals surface area contributed by atoms with E-state index in [1.54, 1.807) is 25.1 Å². The maximum Gasteiger partial charge on any atom is 0.262 e. The van der Waals surface area contributed by atoms with Crippen molar-refractivity contribution in [1.82, 2.24) is 0 Å². The highest BCUT2D eigenvalue weighted by Gasteiger charge is 2.20. The average molecular weight is 435 g/mol. The zero-order valence-corrected chi connectivity index (χ0v) is 17.3. The Kier molecular flexibility index (Phi) is 5.63. The van der Waals surface area contributed by atoms with Gasteiger partial charge in [-0.05, 0) is 67.4 Å². The Balaban J connectivity index is 1.93. The molecule has 0 aliphatic carbocycles. The van der Waals surface area contributed by atoms with Gasteiger partial charge in [0, 0.05) is 5.69 Å². The summed E-state index contributed by atoms with van der Waals surface area (Å²) in [5.74, 6) is -0.691. The Morgan fingerprint density at radius 2 is 1.38 bits per heavy atom. The van der Waals surface area contributed by atoms with Crippen LogP contribution in [0.4, 0.5) is 15.8 Å². The lowest BCUT2D eigenvalue weighted by Crippen LogP contribution is -2.16. The first kappa shape index (κ1) is 20.8. The summed E-state index contributed by atoms with van der Waals surface area (Å²) >= 11 is 0. The molecule has 0 saturated carbocycles. The highest BCUT2D eigenvalue weighted by atomic mass is 32.2. The first-order valence-corrected chi connectivity index (χ1v) is 11.5. The maximum atomic E-state index is 13.4. The Bertz CT molecular complexity index is 1270. The fourth-order valence-electron chi connectivity index (χ4n) is 2.64. The molecule has 152 valence electrons. The van der Waals surface area contributed by atoms with Crippen molar-refractivity contribution in [3.05, 3.63) is 83.7 Å². The van der Waals surface area contributed by atoms with Crippen LogP contribution in [0.3, 0.4) is 0 Å². The molecule has 3 rings (SSSR count). The first-order chi connectivity index (χ1) is 13.6. The van der Waals surface area contributed by atoms with Crippen molar-refractivity contribution in [1.29, 1.82) is 0 Å². The quantitative estimate of drug-likeness (QED) is 0.612. The lowest BCUT2D eigenvalue weighted by molar-refractivity contribution is 0.594. The molecule has 0 amide bonds. The van der Waals surface area contributed by atoms with Crippen molar-refractivity contribution in [2.45, 2.75) is 23.6 Å². The van der Waals surface area contributed by atoms with Crippen LogP contribution in [0.2, 0.25) is 0 Å². The normalized spacial score (nSPS) is 11.8. The van der Waals surface area contributed by atoms with Gasteiger partial charge in [-0.2, -0.15) is 0 Å². The van der Waals surface area contributed by atoms with E-state index < -0.39 is 25.9 Å². The van der Waals surface area contributed by atoms with Gasteiger partial charge in [0.15, 0.2) is 0 Å². The molecule has 0 fully saturated rings. The van der Waals surface area contributed by atoms with E-state index in [4.69, 9.17) is 0 Å². The van der Waals surface area contributed by atoms with Crippen molar-refractivity contribution < 1.29 is 21.2 Å². The maximum absolute atomic E-state index is 13.4. The first-order valence-electron chi connectivity index (χ1n) is 8.55. The number of benzene rings is 3. The van der Waals surface area contributed by atoms with E-state index in [0.717, 1.165) is 17.7 Å². The van der Waals surface area contributed by atoms with Crippen LogP contribution in [0.25, 0.3) is 0 Å². The zero-order chi connectivity index (χ0) is 21.2. The van der Waals surface area contributed by atoms with Crippen LogP contribution < -0.4 is 9.44 Å². The molecule has 3 aromatic rings. The number of anilines is 2. The van der Waals surface area contributed by atoms with Gasteiger partial charge in [0.25, 0.3) is 20.0 Å². The van der Waals surface area contributed by atoms with Crippen LogP contribution in [0.15, 0.2) is 76.5 Å². The summed E-state index contributed by atoms with van der Waals surface area (Å²) in [4.78, 5) is -0.371. The summed E-state index contributed by atoms with van der Waals surface area (Å²) in [5, 5.41) is 0. The predicted molar refractivity (Wildman–Crippen MR) is 110 cm³/mol. The van der Waals surface area contributed by atoms with Gasteiger partial charge in [0.1, 0.15) is 5.82 Å². The summed E-state index contributed by atoms with van der Waals surface area (Å²) in [6.45, 7) is 3.47. The zero-order valence-electron chi connectivity index (χ0n) is 15.7. The van der Waals surface area contributed by atoms with Gasteiger partial charge >= 0.3 is 0 Å². The van der Waals surface area contributed by atoms with E-state index >= 15 is 0 Å². The van der Waals surface area contributed by atoms with Crippen LogP contribution in [0, 0.1) is 19.7 Å². The van der Waals surface area contributed by atoms with Gasteiger partial charge < -0.3 is 0 Å². The molecule has 0 aliphatic rings. The van der Waals surface area contributed by atoms with Gasteiger partial charge in [-0.1, -0.05) is 24.3 Å². The molecular weight excluding hydrogens is 415 g/mol. The molecule has 0 aliphatic heterocycles. The minimum atomic E-state index is -4.09. The fourth-order valence-corrected chi connectivity index (χ4v) is 4.87. The summed E-state index contributed by atoms with van der Waals surface area (Å²) in [5.41, 5.74) is 1.88. The van der Waals surface area contributed by atoms with Gasteiger partial charge in [0.2, 0.25) is 0 Å². The molecule has 0 bridgehead atoms. The second-order valence-electron chi connectivity index (χ2n) is 6.51. The molecule has 0 radical (unpaired) electrons. The molecule has 9 heteroatoms. The van der Waals surface area contributed by atoms with E-state index in [-0.39, 0.29) is 15.5 Å². The number of hydrogen-bond donors (Lipinski definition) is 2. The molecule has 3 aromatic carbocycles. The van der Waals surface area contributed by atoms with Crippen LogP contribution in [-0.4, -0.2) is 16.8 Å². The van der Waals surface area contributed by atoms with Crippen molar-refractivity contribution in [3.8, 4) is 0 Å². The number of halogens is 1. The van der Waals surface area contributed by atoms with Crippen LogP contribution >= 0.6 is 0 Å². The van der Waals surface area contributed by atoms with E-state index in [1.807, 2.05) is 13.0 Å². The number of aryl methyl sites for hydroxylation is 2. The standard InChI is InChI=1S/C20H19FN2O4S2/c1-14-5-3-7-17(11-14)22-28(24,25)19-10-9-15(2)20(13-19)23-29(26,27)18-8-4-6-16(21)12-18/h3-13,22-23H,1-2H3. The van der Waals surface area contributed by atoms with E-state index in [0.29, 0.717) is 11.3 Å². The molecule has 6 nitrogen and oxygen atoms in total. The monoisotopic (exact) mass is 434 g/mol. The SMILES string of the molecule is Cc1cccc(NS(=O)(=O)c2ccc(C)c(NS(=O)(=O)c3cccc(F)c3)c2)c1. The number of nitrogens with one attached hydrogen (secondary N) is 2. The Morgan fingerprint density at radius 3 is 2.07 bits per heavy atom. The van der Waals surface area contributed by atoms with Crippen molar-refractivity contribution in [2.75, 3.05) is 9.44 Å². The lowest BCUT2D eigenvalue weighted by atomic mass is 10.2. The molecule has 0 saturated heterocycles. The number of sulfonamides is 2. The molecule has 0 spiro atoms. The fraction of sp³-hybridized carbons (Fsp3) is 0.100. The van der Waals surface area contributed by atoms with Crippen molar-refractivity contribution in [3.63, 3.8) is 0 Å². The second-order valence-corrected chi connectivity index (χ2v) is 9.88. The number of rotatable bonds is 6. The lowest BCUT2D eigenvalue weighted by Gasteiger charge is -2.14. The van der Waals surface area contributed by atoms with Gasteiger partial charge in [-0.25, -0.2) is 21.2 Å². The average Bonchev–Trinajstić information content (AvgIpc) is 2.63. The minimum absolute atomic E-state index is 0.0846. The molecule has 0 aromatic heterocycles.